The second-order valence-electron chi connectivity index (χ2n) is 7.53. The molecule has 1 amide bonds. The van der Waals surface area contributed by atoms with Crippen LogP contribution in [0, 0.1) is 11.3 Å². The van der Waals surface area contributed by atoms with Gasteiger partial charge in [0.2, 0.25) is 5.91 Å². The van der Waals surface area contributed by atoms with E-state index in [0.29, 0.717) is 12.5 Å². The van der Waals surface area contributed by atoms with Crippen LogP contribution in [-0.2, 0) is 17.8 Å². The SMILES string of the molecule is CC1Cc2c(Cl)cccc2C2C(=O)N(Cc3ccccc3)CC12C. The van der Waals surface area contributed by atoms with Crippen molar-refractivity contribution >= 4 is 17.5 Å². The summed E-state index contributed by atoms with van der Waals surface area (Å²) in [5.41, 5.74) is 3.48. The molecule has 2 aromatic rings. The maximum absolute atomic E-state index is 13.3. The summed E-state index contributed by atoms with van der Waals surface area (Å²) < 4.78 is 0. The number of rotatable bonds is 2. The number of carbonyl (C=O) groups is 1. The van der Waals surface area contributed by atoms with Gasteiger partial charge < -0.3 is 4.90 Å². The zero-order valence-corrected chi connectivity index (χ0v) is 14.9. The van der Waals surface area contributed by atoms with Crippen LogP contribution in [0.5, 0.6) is 0 Å². The molecule has 1 aliphatic carbocycles. The number of nitrogens with zero attached hydrogens (tertiary/aromatic N) is 1. The average Bonchev–Trinajstić information content (AvgIpc) is 2.82. The number of benzene rings is 2. The second kappa shape index (κ2) is 5.63. The molecule has 0 bridgehead atoms. The van der Waals surface area contributed by atoms with Crippen molar-refractivity contribution in [2.45, 2.75) is 32.7 Å². The minimum Gasteiger partial charge on any atom is -0.337 e. The molecule has 24 heavy (non-hydrogen) atoms. The van der Waals surface area contributed by atoms with E-state index in [-0.39, 0.29) is 17.2 Å². The second-order valence-corrected chi connectivity index (χ2v) is 7.94. The van der Waals surface area contributed by atoms with E-state index in [0.717, 1.165) is 23.6 Å². The number of amides is 1. The lowest BCUT2D eigenvalue weighted by Gasteiger charge is -2.41. The van der Waals surface area contributed by atoms with E-state index < -0.39 is 0 Å². The van der Waals surface area contributed by atoms with Crippen LogP contribution in [0.1, 0.15) is 36.5 Å². The highest BCUT2D eigenvalue weighted by Gasteiger charge is 2.55. The fraction of sp³-hybridized carbons (Fsp3) is 0.381. The lowest BCUT2D eigenvalue weighted by Crippen LogP contribution is -2.38. The summed E-state index contributed by atoms with van der Waals surface area (Å²) in [5.74, 6) is 0.606. The monoisotopic (exact) mass is 339 g/mol. The molecular weight excluding hydrogens is 318 g/mol. The van der Waals surface area contributed by atoms with Gasteiger partial charge in [-0.25, -0.2) is 0 Å². The van der Waals surface area contributed by atoms with Crippen molar-refractivity contribution in [2.24, 2.45) is 11.3 Å². The predicted molar refractivity (Wildman–Crippen MR) is 97.0 cm³/mol. The molecule has 1 heterocycles. The van der Waals surface area contributed by atoms with Crippen molar-refractivity contribution < 1.29 is 4.79 Å². The normalized spacial score (nSPS) is 28.6. The highest BCUT2D eigenvalue weighted by Crippen LogP contribution is 2.54. The van der Waals surface area contributed by atoms with Crippen LogP contribution in [0.25, 0.3) is 0 Å². The number of likely N-dealkylation sites (tertiary alicyclic amines) is 1. The van der Waals surface area contributed by atoms with Gasteiger partial charge in [-0.3, -0.25) is 4.79 Å². The van der Waals surface area contributed by atoms with E-state index in [4.69, 9.17) is 11.6 Å². The summed E-state index contributed by atoms with van der Waals surface area (Å²) in [4.78, 5) is 15.3. The Labute approximate surface area is 148 Å². The van der Waals surface area contributed by atoms with Crippen molar-refractivity contribution in [1.82, 2.24) is 4.90 Å². The molecule has 1 fully saturated rings. The first kappa shape index (κ1) is 15.7. The van der Waals surface area contributed by atoms with Gasteiger partial charge in [-0.1, -0.05) is 67.9 Å². The van der Waals surface area contributed by atoms with Gasteiger partial charge in [-0.2, -0.15) is 0 Å². The molecule has 1 aliphatic heterocycles. The molecular formula is C21H22ClNO. The standard InChI is InChI=1S/C21H22ClNO/c1-14-11-17-16(9-6-10-18(17)22)19-20(24)23(13-21(14,19)2)12-15-7-4-3-5-8-15/h3-10,14,19H,11-13H2,1-2H3. The van der Waals surface area contributed by atoms with Crippen LogP contribution in [0.4, 0.5) is 0 Å². The zero-order valence-electron chi connectivity index (χ0n) is 14.1. The van der Waals surface area contributed by atoms with Crippen LogP contribution in [0.3, 0.4) is 0 Å². The Morgan fingerprint density at radius 1 is 1.17 bits per heavy atom. The number of hydrogen-bond acceptors (Lipinski definition) is 1. The number of fused-ring (bicyclic) bond motifs is 3. The summed E-state index contributed by atoms with van der Waals surface area (Å²) >= 11 is 6.43. The van der Waals surface area contributed by atoms with E-state index in [1.54, 1.807) is 0 Å². The van der Waals surface area contributed by atoms with E-state index >= 15 is 0 Å². The van der Waals surface area contributed by atoms with E-state index in [1.807, 2.05) is 35.2 Å². The highest BCUT2D eigenvalue weighted by molar-refractivity contribution is 6.31. The molecule has 3 atom stereocenters. The molecule has 3 heteroatoms. The molecule has 3 unspecified atom stereocenters. The summed E-state index contributed by atoms with van der Waals surface area (Å²) in [6, 6.07) is 16.3. The van der Waals surface area contributed by atoms with Crippen molar-refractivity contribution in [2.75, 3.05) is 6.54 Å². The Balaban J connectivity index is 1.73. The first-order valence-corrected chi connectivity index (χ1v) is 8.98. The summed E-state index contributed by atoms with van der Waals surface area (Å²) in [6.07, 6.45) is 0.953. The predicted octanol–water partition coefficient (Wildman–Crippen LogP) is 4.66. The minimum atomic E-state index is -0.0707. The largest absolute Gasteiger partial charge is 0.337 e. The van der Waals surface area contributed by atoms with Crippen LogP contribution >= 0.6 is 11.6 Å². The molecule has 0 radical (unpaired) electrons. The fourth-order valence-electron chi connectivity index (χ4n) is 4.51. The van der Waals surface area contributed by atoms with Crippen LogP contribution in [0.15, 0.2) is 48.5 Å². The van der Waals surface area contributed by atoms with E-state index in [1.165, 1.54) is 11.1 Å². The molecule has 0 saturated carbocycles. The fourth-order valence-corrected chi connectivity index (χ4v) is 4.77. The molecule has 0 N–H and O–H groups in total. The molecule has 2 aliphatic rings. The lowest BCUT2D eigenvalue weighted by atomic mass is 9.61. The average molecular weight is 340 g/mol. The third-order valence-electron chi connectivity index (χ3n) is 6.07. The van der Waals surface area contributed by atoms with Gasteiger partial charge in [-0.15, -0.1) is 0 Å². The van der Waals surface area contributed by atoms with Crippen LogP contribution < -0.4 is 0 Å². The molecule has 2 aromatic carbocycles. The van der Waals surface area contributed by atoms with Gasteiger partial charge in [0.25, 0.3) is 0 Å². The Morgan fingerprint density at radius 2 is 1.92 bits per heavy atom. The van der Waals surface area contributed by atoms with Crippen molar-refractivity contribution in [1.29, 1.82) is 0 Å². The smallest absolute Gasteiger partial charge is 0.231 e. The third-order valence-corrected chi connectivity index (χ3v) is 6.42. The van der Waals surface area contributed by atoms with Gasteiger partial charge in [0.15, 0.2) is 0 Å². The van der Waals surface area contributed by atoms with Crippen molar-refractivity contribution in [3.8, 4) is 0 Å². The molecule has 4 rings (SSSR count). The Morgan fingerprint density at radius 3 is 2.67 bits per heavy atom. The summed E-state index contributed by atoms with van der Waals surface area (Å²) in [6.45, 7) is 6.04. The Kier molecular flexibility index (Phi) is 3.69. The molecule has 124 valence electrons. The molecule has 0 spiro atoms. The van der Waals surface area contributed by atoms with Gasteiger partial charge in [0.05, 0.1) is 5.92 Å². The quantitative estimate of drug-likeness (QED) is 0.779. The summed E-state index contributed by atoms with van der Waals surface area (Å²) in [7, 11) is 0. The van der Waals surface area contributed by atoms with E-state index in [9.17, 15) is 4.79 Å². The van der Waals surface area contributed by atoms with Gasteiger partial charge in [-0.05, 0) is 35.1 Å². The van der Waals surface area contributed by atoms with Gasteiger partial charge in [0, 0.05) is 23.5 Å². The molecule has 1 saturated heterocycles. The highest BCUT2D eigenvalue weighted by atomic mass is 35.5. The van der Waals surface area contributed by atoms with Gasteiger partial charge in [0.1, 0.15) is 0 Å². The van der Waals surface area contributed by atoms with Crippen molar-refractivity contribution in [3.63, 3.8) is 0 Å². The zero-order chi connectivity index (χ0) is 16.9. The van der Waals surface area contributed by atoms with Gasteiger partial charge >= 0.3 is 0 Å². The first-order chi connectivity index (χ1) is 11.5. The Hall–Kier alpha value is -1.80. The number of halogens is 1. The van der Waals surface area contributed by atoms with Crippen molar-refractivity contribution in [3.05, 3.63) is 70.2 Å². The number of hydrogen-bond donors (Lipinski definition) is 0. The molecule has 2 nitrogen and oxygen atoms in total. The minimum absolute atomic E-state index is 0.0243. The molecule has 0 aromatic heterocycles. The topological polar surface area (TPSA) is 20.3 Å². The van der Waals surface area contributed by atoms with E-state index in [2.05, 4.69) is 32.0 Å². The Bertz CT molecular complexity index is 788. The maximum atomic E-state index is 13.3. The number of carbonyl (C=O) groups excluding carboxylic acids is 1. The first-order valence-electron chi connectivity index (χ1n) is 8.60. The maximum Gasteiger partial charge on any atom is 0.231 e. The summed E-state index contributed by atoms with van der Waals surface area (Å²) in [5, 5.41) is 0.802. The van der Waals surface area contributed by atoms with Crippen LogP contribution in [0.2, 0.25) is 5.02 Å². The van der Waals surface area contributed by atoms with Crippen LogP contribution in [-0.4, -0.2) is 17.4 Å². The lowest BCUT2D eigenvalue weighted by molar-refractivity contribution is -0.129. The third kappa shape index (κ3) is 2.28.